The van der Waals surface area contributed by atoms with Gasteiger partial charge in [0, 0.05) is 38.6 Å². The molecule has 0 aliphatic rings. The van der Waals surface area contributed by atoms with Crippen LogP contribution in [0.3, 0.4) is 0 Å². The molecule has 272 valence electrons. The third kappa shape index (κ3) is 14.1. The van der Waals surface area contributed by atoms with Crippen LogP contribution in [0.2, 0.25) is 55.9 Å². The van der Waals surface area contributed by atoms with Gasteiger partial charge in [-0.3, -0.25) is 4.79 Å². The van der Waals surface area contributed by atoms with Crippen molar-refractivity contribution in [2.24, 2.45) is 11.3 Å². The van der Waals surface area contributed by atoms with Gasteiger partial charge in [0.05, 0.1) is 43.5 Å². The third-order valence-electron chi connectivity index (χ3n) is 10.4. The standard InChI is InChI=1S/C35H73NO7Si3/c1-18-22-29(39-11)28(25-37)36-33(38)24-32(43-46(19-2,20-3)21-4)35(9,10)31(42-44(13,14)15)23-30(40-12)27(5)26-41-45(16,17)34(6,7)8/h1,27-32,37H,19-26H2,2-17H3,(H,36,38)/t27-,28+,29-,30-,31-,32-/m0/s1. The first-order valence-electron chi connectivity index (χ1n) is 17.4. The zero-order valence-electron chi connectivity index (χ0n) is 32.6. The first-order chi connectivity index (χ1) is 21.0. The SMILES string of the molecule is C#CC[C@H](OC)[C@@H](CO)NC(=O)C[C@H](O[Si](CC)(CC)CC)C(C)(C)[C@H](C[C@H](OC)[C@@H](C)CO[Si](C)(C)C(C)(C)C)O[Si](C)(C)C. The van der Waals surface area contributed by atoms with E-state index >= 15 is 0 Å². The Labute approximate surface area is 287 Å². The average molecular weight is 704 g/mol. The molecule has 0 heterocycles. The van der Waals surface area contributed by atoms with Crippen molar-refractivity contribution >= 4 is 30.9 Å². The molecule has 0 saturated heterocycles. The van der Waals surface area contributed by atoms with Gasteiger partial charge >= 0.3 is 0 Å². The Bertz CT molecular complexity index is 914. The molecule has 0 rings (SSSR count). The lowest BCUT2D eigenvalue weighted by Gasteiger charge is -2.47. The van der Waals surface area contributed by atoms with E-state index in [9.17, 15) is 9.90 Å². The molecule has 0 aromatic heterocycles. The number of aliphatic hydroxyl groups excluding tert-OH is 1. The Balaban J connectivity index is 6.61. The number of aliphatic hydroxyl groups is 1. The number of ether oxygens (including phenoxy) is 2. The molecule has 0 saturated carbocycles. The number of carbonyl (C=O) groups excluding carboxylic acids is 1. The summed E-state index contributed by atoms with van der Waals surface area (Å²) in [6.45, 7) is 31.5. The van der Waals surface area contributed by atoms with Gasteiger partial charge in [0.15, 0.2) is 25.0 Å². The maximum absolute atomic E-state index is 13.7. The van der Waals surface area contributed by atoms with Crippen LogP contribution in [0.4, 0.5) is 0 Å². The summed E-state index contributed by atoms with van der Waals surface area (Å²) in [5.41, 5.74) is -0.541. The van der Waals surface area contributed by atoms with Crippen LogP contribution in [0.1, 0.15) is 81.6 Å². The van der Waals surface area contributed by atoms with E-state index < -0.39 is 48.6 Å². The molecule has 0 bridgehead atoms. The minimum absolute atomic E-state index is 0.101. The minimum atomic E-state index is -2.14. The van der Waals surface area contributed by atoms with Gasteiger partial charge in [-0.05, 0) is 62.3 Å². The van der Waals surface area contributed by atoms with E-state index in [0.29, 0.717) is 13.0 Å². The van der Waals surface area contributed by atoms with Crippen LogP contribution in [0.25, 0.3) is 0 Å². The number of methoxy groups -OCH3 is 2. The second kappa shape index (κ2) is 19.6. The second-order valence-electron chi connectivity index (χ2n) is 16.2. The predicted molar refractivity (Wildman–Crippen MR) is 200 cm³/mol. The summed E-state index contributed by atoms with van der Waals surface area (Å²) < 4.78 is 32.5. The fraction of sp³-hybridized carbons (Fsp3) is 0.914. The molecule has 6 atom stereocenters. The zero-order chi connectivity index (χ0) is 36.1. The summed E-state index contributed by atoms with van der Waals surface area (Å²) in [7, 11) is -2.80. The van der Waals surface area contributed by atoms with Gasteiger partial charge in [-0.1, -0.05) is 62.3 Å². The Morgan fingerprint density at radius 3 is 1.80 bits per heavy atom. The van der Waals surface area contributed by atoms with Crippen molar-refractivity contribution in [1.29, 1.82) is 0 Å². The first kappa shape index (κ1) is 45.4. The highest BCUT2D eigenvalue weighted by atomic mass is 28.4. The third-order valence-corrected chi connectivity index (χ3v) is 20.5. The van der Waals surface area contributed by atoms with Crippen molar-refractivity contribution in [3.63, 3.8) is 0 Å². The molecule has 0 fully saturated rings. The van der Waals surface area contributed by atoms with Gasteiger partial charge in [-0.25, -0.2) is 0 Å². The molecule has 46 heavy (non-hydrogen) atoms. The lowest BCUT2D eigenvalue weighted by molar-refractivity contribution is -0.129. The van der Waals surface area contributed by atoms with Crippen molar-refractivity contribution in [3.8, 4) is 12.3 Å². The second-order valence-corrected chi connectivity index (χ2v) is 30.2. The van der Waals surface area contributed by atoms with E-state index in [2.05, 4.69) is 106 Å². The highest BCUT2D eigenvalue weighted by Gasteiger charge is 2.47. The molecule has 0 aliphatic heterocycles. The largest absolute Gasteiger partial charge is 0.416 e. The smallest absolute Gasteiger partial charge is 0.222 e. The molecular formula is C35H73NO7Si3. The lowest BCUT2D eigenvalue weighted by Crippen LogP contribution is -2.55. The van der Waals surface area contributed by atoms with Gasteiger partial charge < -0.3 is 33.2 Å². The lowest BCUT2D eigenvalue weighted by atomic mass is 9.76. The molecule has 11 heteroatoms. The molecular weight excluding hydrogens is 631 g/mol. The highest BCUT2D eigenvalue weighted by molar-refractivity contribution is 6.74. The topological polar surface area (TPSA) is 95.5 Å². The van der Waals surface area contributed by atoms with Crippen LogP contribution in [-0.2, 0) is 27.5 Å². The van der Waals surface area contributed by atoms with Crippen molar-refractivity contribution < 1.29 is 32.7 Å². The molecule has 0 spiro atoms. The fourth-order valence-corrected chi connectivity index (χ4v) is 10.9. The summed E-state index contributed by atoms with van der Waals surface area (Å²) in [5.74, 6) is 2.53. The van der Waals surface area contributed by atoms with Gasteiger partial charge in [0.1, 0.15) is 0 Å². The fourth-order valence-electron chi connectivity index (χ4n) is 5.53. The minimum Gasteiger partial charge on any atom is -0.416 e. The molecule has 0 aromatic rings. The quantitative estimate of drug-likeness (QED) is 0.0837. The number of hydrogen-bond donors (Lipinski definition) is 2. The van der Waals surface area contributed by atoms with Crippen molar-refractivity contribution in [2.45, 2.75) is 168 Å². The average Bonchev–Trinajstić information content (AvgIpc) is 2.96. The number of amides is 1. The van der Waals surface area contributed by atoms with E-state index in [1.54, 1.807) is 14.2 Å². The molecule has 0 unspecified atom stereocenters. The van der Waals surface area contributed by atoms with Gasteiger partial charge in [-0.15, -0.1) is 12.3 Å². The normalized spacial score (nSPS) is 17.5. The van der Waals surface area contributed by atoms with Crippen LogP contribution in [0.15, 0.2) is 0 Å². The monoisotopic (exact) mass is 703 g/mol. The van der Waals surface area contributed by atoms with Crippen LogP contribution in [0.5, 0.6) is 0 Å². The summed E-state index contributed by atoms with van der Waals surface area (Å²) >= 11 is 0. The van der Waals surface area contributed by atoms with Crippen LogP contribution < -0.4 is 5.32 Å². The number of carbonyl (C=O) groups is 1. The molecule has 0 aliphatic carbocycles. The highest BCUT2D eigenvalue weighted by Crippen LogP contribution is 2.41. The summed E-state index contributed by atoms with van der Waals surface area (Å²) in [6.07, 6.45) is 5.38. The maximum atomic E-state index is 13.7. The van der Waals surface area contributed by atoms with Crippen LogP contribution >= 0.6 is 0 Å². The molecule has 8 nitrogen and oxygen atoms in total. The summed E-state index contributed by atoms with van der Waals surface area (Å²) in [5, 5.41) is 13.2. The zero-order valence-corrected chi connectivity index (χ0v) is 35.6. The predicted octanol–water partition coefficient (Wildman–Crippen LogP) is 7.59. The molecule has 2 N–H and O–H groups in total. The summed E-state index contributed by atoms with van der Waals surface area (Å²) in [4.78, 5) is 13.7. The van der Waals surface area contributed by atoms with E-state index in [1.807, 2.05) is 0 Å². The number of hydrogen-bond acceptors (Lipinski definition) is 7. The van der Waals surface area contributed by atoms with E-state index in [4.69, 9.17) is 29.2 Å². The van der Waals surface area contributed by atoms with Gasteiger partial charge in [0.2, 0.25) is 5.91 Å². The maximum Gasteiger partial charge on any atom is 0.222 e. The Kier molecular flexibility index (Phi) is 19.3. The summed E-state index contributed by atoms with van der Waals surface area (Å²) in [6, 6.07) is 2.27. The molecule has 1 amide bonds. The van der Waals surface area contributed by atoms with E-state index in [-0.39, 0.29) is 48.5 Å². The van der Waals surface area contributed by atoms with Crippen LogP contribution in [-0.4, -0.2) is 93.9 Å². The van der Waals surface area contributed by atoms with Crippen molar-refractivity contribution in [3.05, 3.63) is 0 Å². The Hall–Kier alpha value is -0.559. The van der Waals surface area contributed by atoms with Gasteiger partial charge in [0.25, 0.3) is 0 Å². The number of rotatable bonds is 23. The molecule has 0 aromatic carbocycles. The molecule has 0 radical (unpaired) electrons. The van der Waals surface area contributed by atoms with Crippen molar-refractivity contribution in [1.82, 2.24) is 5.32 Å². The van der Waals surface area contributed by atoms with E-state index in [0.717, 1.165) is 18.1 Å². The van der Waals surface area contributed by atoms with Crippen molar-refractivity contribution in [2.75, 3.05) is 27.4 Å². The number of nitrogens with one attached hydrogen (secondary N) is 1. The van der Waals surface area contributed by atoms with Gasteiger partial charge in [-0.2, -0.15) is 0 Å². The first-order valence-corrected chi connectivity index (χ1v) is 26.3. The van der Waals surface area contributed by atoms with E-state index in [1.165, 1.54) is 0 Å². The Morgan fingerprint density at radius 1 is 0.891 bits per heavy atom. The van der Waals surface area contributed by atoms with Crippen LogP contribution in [0, 0.1) is 23.7 Å². The Morgan fingerprint density at radius 2 is 1.41 bits per heavy atom. The number of terminal acetylenes is 1.